The van der Waals surface area contributed by atoms with Gasteiger partial charge >= 0.3 is 0 Å². The van der Waals surface area contributed by atoms with E-state index in [4.69, 9.17) is 4.42 Å². The van der Waals surface area contributed by atoms with Crippen LogP contribution in [0.5, 0.6) is 0 Å². The van der Waals surface area contributed by atoms with Crippen molar-refractivity contribution in [3.63, 3.8) is 0 Å². The quantitative estimate of drug-likeness (QED) is 0.698. The molecule has 2 amide bonds. The van der Waals surface area contributed by atoms with Gasteiger partial charge in [-0.05, 0) is 50.5 Å². The fourth-order valence-electron chi connectivity index (χ4n) is 3.18. The van der Waals surface area contributed by atoms with Crippen LogP contribution in [0.15, 0.2) is 52.9 Å². The third-order valence-electron chi connectivity index (χ3n) is 5.02. The Bertz CT molecular complexity index is 1000. The summed E-state index contributed by atoms with van der Waals surface area (Å²) in [6, 6.07) is 15.0. The molecular formula is C22H22N2O3. The number of amides is 2. The highest BCUT2D eigenvalue weighted by Crippen LogP contribution is 2.30. The first-order chi connectivity index (χ1) is 13.0. The maximum atomic E-state index is 12.7. The summed E-state index contributed by atoms with van der Waals surface area (Å²) in [5.41, 5.74) is 3.29. The van der Waals surface area contributed by atoms with E-state index in [1.807, 2.05) is 62.4 Å². The molecule has 4 rings (SSSR count). The van der Waals surface area contributed by atoms with Crippen molar-refractivity contribution in [3.05, 3.63) is 65.4 Å². The van der Waals surface area contributed by atoms with Crippen LogP contribution < -0.4 is 10.6 Å². The van der Waals surface area contributed by atoms with Crippen LogP contribution >= 0.6 is 0 Å². The Hall–Kier alpha value is -3.08. The van der Waals surface area contributed by atoms with E-state index >= 15 is 0 Å². The van der Waals surface area contributed by atoms with Gasteiger partial charge in [0.05, 0.1) is 6.04 Å². The van der Waals surface area contributed by atoms with Crippen molar-refractivity contribution in [2.75, 3.05) is 5.32 Å². The van der Waals surface area contributed by atoms with Crippen LogP contribution in [0.4, 0.5) is 5.69 Å². The van der Waals surface area contributed by atoms with Crippen molar-refractivity contribution in [2.45, 2.75) is 32.7 Å². The first kappa shape index (κ1) is 17.3. The molecule has 138 valence electrons. The van der Waals surface area contributed by atoms with Crippen molar-refractivity contribution in [1.82, 2.24) is 5.32 Å². The predicted molar refractivity (Wildman–Crippen MR) is 105 cm³/mol. The number of furan rings is 1. The molecule has 1 unspecified atom stereocenters. The molecule has 1 aliphatic rings. The average Bonchev–Trinajstić information content (AvgIpc) is 3.47. The largest absolute Gasteiger partial charge is 0.451 e. The number of anilines is 1. The Labute approximate surface area is 157 Å². The number of carbonyl (C=O) groups is 2. The highest BCUT2D eigenvalue weighted by atomic mass is 16.3. The molecule has 1 aromatic heterocycles. The predicted octanol–water partition coefficient (Wildman–Crippen LogP) is 4.58. The maximum Gasteiger partial charge on any atom is 0.287 e. The highest BCUT2D eigenvalue weighted by molar-refractivity contribution is 5.99. The topological polar surface area (TPSA) is 71.3 Å². The van der Waals surface area contributed by atoms with Crippen molar-refractivity contribution in [2.24, 2.45) is 5.92 Å². The first-order valence-corrected chi connectivity index (χ1v) is 9.23. The van der Waals surface area contributed by atoms with Crippen molar-refractivity contribution in [1.29, 1.82) is 0 Å². The van der Waals surface area contributed by atoms with Gasteiger partial charge in [0, 0.05) is 22.6 Å². The molecule has 5 nitrogen and oxygen atoms in total. The molecule has 2 aromatic carbocycles. The van der Waals surface area contributed by atoms with Crippen molar-refractivity contribution < 1.29 is 14.0 Å². The summed E-state index contributed by atoms with van der Waals surface area (Å²) in [7, 11) is 0. The standard InChI is InChI=1S/C22H22N2O3/c1-13-18-5-3-4-6-19(18)27-20(13)22(26)23-14(2)15-9-11-17(12-10-15)24-21(25)16-7-8-16/h3-6,9-12,14,16H,7-8H2,1-2H3,(H,23,26)(H,24,25). The summed E-state index contributed by atoms with van der Waals surface area (Å²) in [6.45, 7) is 3.82. The van der Waals surface area contributed by atoms with E-state index in [1.165, 1.54) is 0 Å². The summed E-state index contributed by atoms with van der Waals surface area (Å²) in [5, 5.41) is 6.85. The van der Waals surface area contributed by atoms with E-state index in [9.17, 15) is 9.59 Å². The maximum absolute atomic E-state index is 12.7. The van der Waals surface area contributed by atoms with Gasteiger partial charge in [0.15, 0.2) is 5.76 Å². The molecular weight excluding hydrogens is 340 g/mol. The van der Waals surface area contributed by atoms with E-state index in [2.05, 4.69) is 10.6 Å². The molecule has 1 heterocycles. The van der Waals surface area contributed by atoms with Gasteiger partial charge in [-0.2, -0.15) is 0 Å². The number of nitrogens with one attached hydrogen (secondary N) is 2. The Balaban J connectivity index is 1.44. The van der Waals surface area contributed by atoms with Crippen LogP contribution in [0.25, 0.3) is 11.0 Å². The van der Waals surface area contributed by atoms with E-state index in [1.54, 1.807) is 0 Å². The summed E-state index contributed by atoms with van der Waals surface area (Å²) < 4.78 is 5.73. The molecule has 0 saturated heterocycles. The third kappa shape index (κ3) is 3.58. The van der Waals surface area contributed by atoms with E-state index in [0.717, 1.165) is 35.0 Å². The van der Waals surface area contributed by atoms with Crippen LogP contribution in [-0.4, -0.2) is 11.8 Å². The van der Waals surface area contributed by atoms with Crippen LogP contribution in [0.3, 0.4) is 0 Å². The molecule has 0 bridgehead atoms. The number of hydrogen-bond acceptors (Lipinski definition) is 3. The summed E-state index contributed by atoms with van der Waals surface area (Å²) >= 11 is 0. The van der Waals surface area contributed by atoms with Gasteiger partial charge in [-0.15, -0.1) is 0 Å². The fourth-order valence-corrected chi connectivity index (χ4v) is 3.18. The van der Waals surface area contributed by atoms with Crippen LogP contribution in [0.2, 0.25) is 0 Å². The first-order valence-electron chi connectivity index (χ1n) is 9.23. The monoisotopic (exact) mass is 362 g/mol. The van der Waals surface area contributed by atoms with Gasteiger partial charge in [0.1, 0.15) is 5.58 Å². The lowest BCUT2D eigenvalue weighted by Gasteiger charge is -2.14. The number of fused-ring (bicyclic) bond motifs is 1. The summed E-state index contributed by atoms with van der Waals surface area (Å²) in [5.74, 6) is 0.373. The molecule has 0 radical (unpaired) electrons. The van der Waals surface area contributed by atoms with Gasteiger partial charge in [-0.25, -0.2) is 0 Å². The highest BCUT2D eigenvalue weighted by Gasteiger charge is 2.29. The van der Waals surface area contributed by atoms with Crippen LogP contribution in [-0.2, 0) is 4.79 Å². The Morgan fingerprint density at radius 2 is 1.78 bits per heavy atom. The minimum absolute atomic E-state index is 0.0875. The second kappa shape index (κ2) is 6.91. The third-order valence-corrected chi connectivity index (χ3v) is 5.02. The minimum atomic E-state index is -0.234. The number of para-hydroxylation sites is 1. The zero-order valence-corrected chi connectivity index (χ0v) is 15.4. The number of hydrogen-bond donors (Lipinski definition) is 2. The lowest BCUT2D eigenvalue weighted by molar-refractivity contribution is -0.117. The lowest BCUT2D eigenvalue weighted by atomic mass is 10.1. The van der Waals surface area contributed by atoms with E-state index < -0.39 is 0 Å². The molecule has 1 saturated carbocycles. The summed E-state index contributed by atoms with van der Waals surface area (Å²) in [6.07, 6.45) is 1.96. The minimum Gasteiger partial charge on any atom is -0.451 e. The molecule has 1 atom stereocenters. The number of rotatable bonds is 5. The van der Waals surface area contributed by atoms with E-state index in [0.29, 0.717) is 11.3 Å². The normalized spacial score (nSPS) is 14.7. The van der Waals surface area contributed by atoms with Gasteiger partial charge in [-0.1, -0.05) is 30.3 Å². The van der Waals surface area contributed by atoms with Gasteiger partial charge in [-0.3, -0.25) is 9.59 Å². The molecule has 27 heavy (non-hydrogen) atoms. The molecule has 5 heteroatoms. The molecule has 0 spiro atoms. The van der Waals surface area contributed by atoms with Crippen molar-refractivity contribution in [3.8, 4) is 0 Å². The van der Waals surface area contributed by atoms with Gasteiger partial charge < -0.3 is 15.1 Å². The summed E-state index contributed by atoms with van der Waals surface area (Å²) in [4.78, 5) is 24.5. The Morgan fingerprint density at radius 3 is 2.44 bits per heavy atom. The van der Waals surface area contributed by atoms with Gasteiger partial charge in [0.25, 0.3) is 5.91 Å². The molecule has 1 aliphatic carbocycles. The lowest BCUT2D eigenvalue weighted by Crippen LogP contribution is -2.26. The smallest absolute Gasteiger partial charge is 0.287 e. The van der Waals surface area contributed by atoms with Crippen LogP contribution in [0.1, 0.15) is 47.5 Å². The molecule has 3 aromatic rings. The Morgan fingerprint density at radius 1 is 1.07 bits per heavy atom. The second-order valence-electron chi connectivity index (χ2n) is 7.13. The molecule has 0 aliphatic heterocycles. The van der Waals surface area contributed by atoms with Crippen LogP contribution in [0, 0.1) is 12.8 Å². The fraction of sp³-hybridized carbons (Fsp3) is 0.273. The van der Waals surface area contributed by atoms with Gasteiger partial charge in [0.2, 0.25) is 5.91 Å². The van der Waals surface area contributed by atoms with E-state index in [-0.39, 0.29) is 23.8 Å². The number of aryl methyl sites for hydroxylation is 1. The Kier molecular flexibility index (Phi) is 4.44. The molecule has 1 fully saturated rings. The average molecular weight is 362 g/mol. The number of benzene rings is 2. The number of carbonyl (C=O) groups excluding carboxylic acids is 2. The zero-order chi connectivity index (χ0) is 19.0. The zero-order valence-electron chi connectivity index (χ0n) is 15.4. The van der Waals surface area contributed by atoms with Crippen molar-refractivity contribution >= 4 is 28.5 Å². The second-order valence-corrected chi connectivity index (χ2v) is 7.13. The molecule has 2 N–H and O–H groups in total. The SMILES string of the molecule is Cc1c(C(=O)NC(C)c2ccc(NC(=O)C3CC3)cc2)oc2ccccc12.